The van der Waals surface area contributed by atoms with Gasteiger partial charge in [0.25, 0.3) is 0 Å². The second-order valence-electron chi connectivity index (χ2n) is 7.61. The summed E-state index contributed by atoms with van der Waals surface area (Å²) in [6.07, 6.45) is 0.489. The minimum Gasteiger partial charge on any atom is -0.294 e. The summed E-state index contributed by atoms with van der Waals surface area (Å²) in [5, 5.41) is 0. The zero-order valence-corrected chi connectivity index (χ0v) is 15.9. The monoisotopic (exact) mass is 322 g/mol. The molecular weight excluding hydrogens is 292 g/mol. The van der Waals surface area contributed by atoms with Crippen molar-refractivity contribution in [1.82, 2.24) is 0 Å². The first-order valence-corrected chi connectivity index (χ1v) is 9.06. The van der Waals surface area contributed by atoms with Crippen molar-refractivity contribution in [3.05, 3.63) is 70.3 Å². The van der Waals surface area contributed by atoms with Crippen molar-refractivity contribution in [1.29, 1.82) is 0 Å². The van der Waals surface area contributed by atoms with Gasteiger partial charge >= 0.3 is 0 Å². The average molecular weight is 322 g/mol. The molecule has 0 saturated heterocycles. The van der Waals surface area contributed by atoms with E-state index in [9.17, 15) is 4.79 Å². The molecule has 0 heterocycles. The molecule has 0 aliphatic carbocycles. The molecule has 0 unspecified atom stereocenters. The van der Waals surface area contributed by atoms with E-state index in [-0.39, 0.29) is 5.78 Å². The lowest BCUT2D eigenvalue weighted by atomic mass is 9.82. The van der Waals surface area contributed by atoms with Gasteiger partial charge in [-0.05, 0) is 40.0 Å². The van der Waals surface area contributed by atoms with Crippen LogP contribution in [0.4, 0.5) is 0 Å². The number of rotatable bonds is 6. The maximum Gasteiger partial charge on any atom is 0.167 e. The highest BCUT2D eigenvalue weighted by molar-refractivity contribution is 5.97. The van der Waals surface area contributed by atoms with Gasteiger partial charge in [0.05, 0.1) is 0 Å². The van der Waals surface area contributed by atoms with Gasteiger partial charge in [-0.3, -0.25) is 4.79 Å². The Hall–Kier alpha value is -1.89. The Balaban J connectivity index is 2.52. The molecule has 0 fully saturated rings. The van der Waals surface area contributed by atoms with E-state index < -0.39 is 0 Å². The molecule has 2 rings (SSSR count). The fourth-order valence-corrected chi connectivity index (χ4v) is 3.20. The molecule has 128 valence electrons. The number of carbonyl (C=O) groups excluding carboxylic acids is 1. The number of ketones is 1. The van der Waals surface area contributed by atoms with Gasteiger partial charge in [-0.1, -0.05) is 84.0 Å². The van der Waals surface area contributed by atoms with Crippen LogP contribution in [-0.2, 0) is 6.42 Å². The summed E-state index contributed by atoms with van der Waals surface area (Å²) in [5.41, 5.74) is 6.06. The molecule has 0 atom stereocenters. The Morgan fingerprint density at radius 3 is 1.71 bits per heavy atom. The lowest BCUT2D eigenvalue weighted by molar-refractivity contribution is 0.0992. The second kappa shape index (κ2) is 7.79. The fourth-order valence-electron chi connectivity index (χ4n) is 3.20. The van der Waals surface area contributed by atoms with Crippen molar-refractivity contribution < 1.29 is 4.79 Å². The minimum atomic E-state index is 0.205. The number of hydrogen-bond acceptors (Lipinski definition) is 1. The summed E-state index contributed by atoms with van der Waals surface area (Å²) in [4.78, 5) is 12.8. The molecule has 0 aromatic heterocycles. The minimum absolute atomic E-state index is 0.205. The highest BCUT2D eigenvalue weighted by Crippen LogP contribution is 2.33. The van der Waals surface area contributed by atoms with Gasteiger partial charge in [-0.15, -0.1) is 0 Å². The summed E-state index contributed by atoms with van der Waals surface area (Å²) >= 11 is 0. The van der Waals surface area contributed by atoms with Crippen molar-refractivity contribution in [2.75, 3.05) is 0 Å². The van der Waals surface area contributed by atoms with E-state index in [1.165, 1.54) is 22.3 Å². The van der Waals surface area contributed by atoms with E-state index in [0.29, 0.717) is 24.2 Å². The number of Topliss-reactive ketones (excluding diaryl/α,β-unsaturated/α-hetero) is 1. The molecule has 1 heteroatoms. The molecule has 0 amide bonds. The molecule has 2 aromatic rings. The third-order valence-corrected chi connectivity index (χ3v) is 4.69. The SMILES string of the molecule is CC(C)c1cc(C(C)C)c(CC(=O)c2ccccc2)c(C(C)C)c1. The lowest BCUT2D eigenvalue weighted by Crippen LogP contribution is -2.12. The Labute approximate surface area is 147 Å². The summed E-state index contributed by atoms with van der Waals surface area (Å²) in [6, 6.07) is 14.3. The normalized spacial score (nSPS) is 11.5. The highest BCUT2D eigenvalue weighted by atomic mass is 16.1. The van der Waals surface area contributed by atoms with Crippen molar-refractivity contribution >= 4 is 5.78 Å². The lowest BCUT2D eigenvalue weighted by Gasteiger charge is -2.22. The fraction of sp³-hybridized carbons (Fsp3) is 0.435. The van der Waals surface area contributed by atoms with Crippen LogP contribution < -0.4 is 0 Å². The molecule has 0 bridgehead atoms. The van der Waals surface area contributed by atoms with E-state index in [2.05, 4.69) is 53.7 Å². The predicted molar refractivity (Wildman–Crippen MR) is 103 cm³/mol. The molecular formula is C23H30O. The predicted octanol–water partition coefficient (Wildman–Crippen LogP) is 6.48. The third-order valence-electron chi connectivity index (χ3n) is 4.69. The van der Waals surface area contributed by atoms with Gasteiger partial charge in [-0.25, -0.2) is 0 Å². The van der Waals surface area contributed by atoms with E-state index in [0.717, 1.165) is 5.56 Å². The smallest absolute Gasteiger partial charge is 0.167 e. The van der Waals surface area contributed by atoms with E-state index >= 15 is 0 Å². The van der Waals surface area contributed by atoms with Crippen LogP contribution in [0.3, 0.4) is 0 Å². The molecule has 0 radical (unpaired) electrons. The zero-order valence-electron chi connectivity index (χ0n) is 15.9. The topological polar surface area (TPSA) is 17.1 Å². The van der Waals surface area contributed by atoms with Crippen LogP contribution in [-0.4, -0.2) is 5.78 Å². The molecule has 0 aliphatic rings. The van der Waals surface area contributed by atoms with E-state index in [1.54, 1.807) is 0 Å². The van der Waals surface area contributed by atoms with Gasteiger partial charge < -0.3 is 0 Å². The van der Waals surface area contributed by atoms with Gasteiger partial charge in [0.15, 0.2) is 5.78 Å². The van der Waals surface area contributed by atoms with Crippen molar-refractivity contribution in [2.45, 2.75) is 65.7 Å². The summed E-state index contributed by atoms with van der Waals surface area (Å²) in [5.74, 6) is 1.54. The molecule has 1 nitrogen and oxygen atoms in total. The molecule has 24 heavy (non-hydrogen) atoms. The van der Waals surface area contributed by atoms with Crippen molar-refractivity contribution in [2.24, 2.45) is 0 Å². The summed E-state index contributed by atoms with van der Waals surface area (Å²) in [7, 11) is 0. The average Bonchev–Trinajstić information content (AvgIpc) is 2.54. The van der Waals surface area contributed by atoms with Gasteiger partial charge in [-0.2, -0.15) is 0 Å². The molecule has 2 aromatic carbocycles. The largest absolute Gasteiger partial charge is 0.294 e. The number of hydrogen-bond donors (Lipinski definition) is 0. The Bertz CT molecular complexity index is 664. The van der Waals surface area contributed by atoms with Crippen molar-refractivity contribution in [3.63, 3.8) is 0 Å². The van der Waals surface area contributed by atoms with Crippen LogP contribution in [0.1, 0.15) is 91.9 Å². The Kier molecular flexibility index (Phi) is 5.99. The van der Waals surface area contributed by atoms with Crippen LogP contribution in [0.15, 0.2) is 42.5 Å². The first kappa shape index (κ1) is 18.4. The summed E-state index contributed by atoms with van der Waals surface area (Å²) < 4.78 is 0. The van der Waals surface area contributed by atoms with Crippen LogP contribution in [0.2, 0.25) is 0 Å². The standard InChI is InChI=1S/C23H30O/c1-15(2)19-12-20(16(3)4)22(21(13-19)17(5)6)14-23(24)18-10-8-7-9-11-18/h7-13,15-17H,14H2,1-6H3. The zero-order chi connectivity index (χ0) is 17.9. The van der Waals surface area contributed by atoms with E-state index in [4.69, 9.17) is 0 Å². The Morgan fingerprint density at radius 1 is 0.792 bits per heavy atom. The van der Waals surface area contributed by atoms with Crippen LogP contribution in [0.25, 0.3) is 0 Å². The van der Waals surface area contributed by atoms with Crippen molar-refractivity contribution in [3.8, 4) is 0 Å². The summed E-state index contributed by atoms with van der Waals surface area (Å²) in [6.45, 7) is 13.4. The van der Waals surface area contributed by atoms with Crippen LogP contribution in [0, 0.1) is 0 Å². The first-order chi connectivity index (χ1) is 11.3. The third kappa shape index (κ3) is 4.14. The van der Waals surface area contributed by atoms with Gasteiger partial charge in [0, 0.05) is 12.0 Å². The molecule has 0 spiro atoms. The maximum absolute atomic E-state index is 12.8. The van der Waals surface area contributed by atoms with Gasteiger partial charge in [0.2, 0.25) is 0 Å². The second-order valence-corrected chi connectivity index (χ2v) is 7.61. The highest BCUT2D eigenvalue weighted by Gasteiger charge is 2.19. The Morgan fingerprint density at radius 2 is 1.29 bits per heavy atom. The molecule has 0 saturated carbocycles. The van der Waals surface area contributed by atoms with Crippen LogP contribution >= 0.6 is 0 Å². The van der Waals surface area contributed by atoms with Crippen LogP contribution in [0.5, 0.6) is 0 Å². The number of benzene rings is 2. The molecule has 0 aliphatic heterocycles. The quantitative estimate of drug-likeness (QED) is 0.556. The first-order valence-electron chi connectivity index (χ1n) is 9.06. The maximum atomic E-state index is 12.8. The van der Waals surface area contributed by atoms with E-state index in [1.807, 2.05) is 30.3 Å². The number of carbonyl (C=O) groups is 1. The molecule has 0 N–H and O–H groups in total. The van der Waals surface area contributed by atoms with Gasteiger partial charge in [0.1, 0.15) is 0 Å².